The van der Waals surface area contributed by atoms with Crippen molar-refractivity contribution in [2.45, 2.75) is 6.54 Å². The van der Waals surface area contributed by atoms with Gasteiger partial charge in [-0.2, -0.15) is 0 Å². The average Bonchev–Trinajstić information content (AvgIpc) is 2.37. The second-order valence-electron chi connectivity index (χ2n) is 3.91. The van der Waals surface area contributed by atoms with Gasteiger partial charge in [0.2, 0.25) is 0 Å². The Bertz CT molecular complexity index is 619. The summed E-state index contributed by atoms with van der Waals surface area (Å²) in [6, 6.07) is 7.59. The Morgan fingerprint density at radius 2 is 2.22 bits per heavy atom. The number of hydrogen-bond donors (Lipinski definition) is 0. The van der Waals surface area contributed by atoms with Gasteiger partial charge in [0.1, 0.15) is 0 Å². The summed E-state index contributed by atoms with van der Waals surface area (Å²) in [5.41, 5.74) is 0.0159. The van der Waals surface area contributed by atoms with Crippen molar-refractivity contribution in [1.82, 2.24) is 4.57 Å². The fraction of sp³-hybridized carbons (Fsp3) is 0.214. The third kappa shape index (κ3) is 2.89. The zero-order chi connectivity index (χ0) is 13.0. The monoisotopic (exact) mass is 307 g/mol. The lowest BCUT2D eigenvalue weighted by Crippen LogP contribution is -2.21. The first-order chi connectivity index (χ1) is 8.72. The smallest absolute Gasteiger partial charge is 0.258 e. The molecule has 94 valence electrons. The van der Waals surface area contributed by atoms with Crippen LogP contribution in [-0.4, -0.2) is 17.8 Å². The van der Waals surface area contributed by atoms with Gasteiger partial charge in [0.25, 0.3) is 5.56 Å². The maximum absolute atomic E-state index is 12.2. The molecule has 0 amide bonds. The van der Waals surface area contributed by atoms with E-state index in [1.165, 1.54) is 0 Å². The largest absolute Gasteiger partial charge is 0.376 e. The molecule has 0 fully saturated rings. The zero-order valence-electron chi connectivity index (χ0n) is 9.93. The molecule has 2 aromatic rings. The molecule has 0 aliphatic carbocycles. The van der Waals surface area contributed by atoms with E-state index in [9.17, 15) is 4.79 Å². The predicted molar refractivity (Wildman–Crippen MR) is 76.9 cm³/mol. The van der Waals surface area contributed by atoms with Crippen LogP contribution in [0.1, 0.15) is 0 Å². The van der Waals surface area contributed by atoms with E-state index in [2.05, 4.69) is 22.5 Å². The van der Waals surface area contributed by atoms with E-state index in [-0.39, 0.29) is 5.56 Å². The van der Waals surface area contributed by atoms with Gasteiger partial charge in [0.15, 0.2) is 0 Å². The van der Waals surface area contributed by atoms with Gasteiger partial charge in [0, 0.05) is 22.6 Å². The zero-order valence-corrected chi connectivity index (χ0v) is 11.5. The molecule has 3 nitrogen and oxygen atoms in total. The van der Waals surface area contributed by atoms with Crippen LogP contribution in [0, 0.1) is 0 Å². The normalized spacial score (nSPS) is 10.7. The van der Waals surface area contributed by atoms with E-state index in [1.807, 2.05) is 24.3 Å². The highest BCUT2D eigenvalue weighted by molar-refractivity contribution is 9.10. The Hall–Kier alpha value is -1.39. The molecule has 0 saturated carbocycles. The lowest BCUT2D eigenvalue weighted by Gasteiger charge is -2.07. The summed E-state index contributed by atoms with van der Waals surface area (Å²) >= 11 is 3.40. The van der Waals surface area contributed by atoms with Crippen LogP contribution in [0.25, 0.3) is 10.8 Å². The molecule has 18 heavy (non-hydrogen) atoms. The Labute approximate surface area is 114 Å². The van der Waals surface area contributed by atoms with Crippen molar-refractivity contribution >= 4 is 26.7 Å². The average molecular weight is 308 g/mol. The second kappa shape index (κ2) is 5.98. The van der Waals surface area contributed by atoms with Gasteiger partial charge < -0.3 is 9.30 Å². The highest BCUT2D eigenvalue weighted by atomic mass is 79.9. The molecule has 0 aliphatic rings. The minimum absolute atomic E-state index is 0.0159. The van der Waals surface area contributed by atoms with Crippen molar-refractivity contribution in [3.05, 3.63) is 57.9 Å². The van der Waals surface area contributed by atoms with Crippen LogP contribution in [0.2, 0.25) is 0 Å². The number of benzene rings is 1. The molecule has 0 spiro atoms. The second-order valence-corrected chi connectivity index (χ2v) is 4.83. The van der Waals surface area contributed by atoms with Gasteiger partial charge in [0.05, 0.1) is 13.2 Å². The molecule has 1 aromatic heterocycles. The lowest BCUT2D eigenvalue weighted by molar-refractivity contribution is 0.152. The molecule has 4 heteroatoms. The number of ether oxygens (including phenoxy) is 1. The first-order valence-electron chi connectivity index (χ1n) is 5.70. The Morgan fingerprint density at radius 3 is 3.00 bits per heavy atom. The van der Waals surface area contributed by atoms with E-state index >= 15 is 0 Å². The summed E-state index contributed by atoms with van der Waals surface area (Å²) in [5, 5.41) is 1.67. The van der Waals surface area contributed by atoms with Crippen molar-refractivity contribution in [2.75, 3.05) is 13.2 Å². The summed E-state index contributed by atoms with van der Waals surface area (Å²) in [6.07, 6.45) is 3.50. The first kappa shape index (κ1) is 13.1. The maximum Gasteiger partial charge on any atom is 0.258 e. The molecule has 1 heterocycles. The molecular weight excluding hydrogens is 294 g/mol. The molecule has 0 N–H and O–H groups in total. The van der Waals surface area contributed by atoms with Gasteiger partial charge in [-0.15, -0.1) is 6.58 Å². The summed E-state index contributed by atoms with van der Waals surface area (Å²) < 4.78 is 7.93. The Morgan fingerprint density at radius 1 is 1.39 bits per heavy atom. The fourth-order valence-electron chi connectivity index (χ4n) is 1.76. The Balaban J connectivity index is 2.25. The van der Waals surface area contributed by atoms with Gasteiger partial charge in [-0.3, -0.25) is 4.79 Å². The van der Waals surface area contributed by atoms with Crippen LogP contribution in [0.3, 0.4) is 0 Å². The summed E-state index contributed by atoms with van der Waals surface area (Å²) in [4.78, 5) is 12.2. The van der Waals surface area contributed by atoms with Gasteiger partial charge in [-0.25, -0.2) is 0 Å². The number of hydrogen-bond acceptors (Lipinski definition) is 2. The van der Waals surface area contributed by atoms with Crippen molar-refractivity contribution in [3.63, 3.8) is 0 Å². The summed E-state index contributed by atoms with van der Waals surface area (Å²) in [5.74, 6) is 0. The number of nitrogens with zero attached hydrogens (tertiary/aromatic N) is 1. The van der Waals surface area contributed by atoms with Crippen LogP contribution in [0.5, 0.6) is 0 Å². The molecule has 0 unspecified atom stereocenters. The quantitative estimate of drug-likeness (QED) is 0.628. The van der Waals surface area contributed by atoms with Gasteiger partial charge in [-0.05, 0) is 29.7 Å². The van der Waals surface area contributed by atoms with Crippen LogP contribution >= 0.6 is 15.9 Å². The van der Waals surface area contributed by atoms with Crippen LogP contribution in [0.15, 0.2) is 52.4 Å². The van der Waals surface area contributed by atoms with E-state index in [4.69, 9.17) is 4.74 Å². The van der Waals surface area contributed by atoms with Gasteiger partial charge >= 0.3 is 0 Å². The molecule has 0 saturated heterocycles. The molecule has 2 rings (SSSR count). The van der Waals surface area contributed by atoms with Gasteiger partial charge in [-0.1, -0.05) is 22.0 Å². The van der Waals surface area contributed by atoms with Crippen molar-refractivity contribution < 1.29 is 4.74 Å². The van der Waals surface area contributed by atoms with E-state index in [1.54, 1.807) is 16.8 Å². The standard InChI is InChI=1S/C14H14BrNO2/c1-2-8-18-9-7-16-6-5-11-10-12(15)3-4-13(11)14(16)17/h2-6,10H,1,7-9H2. The maximum atomic E-state index is 12.2. The fourth-order valence-corrected chi connectivity index (χ4v) is 2.14. The summed E-state index contributed by atoms with van der Waals surface area (Å²) in [6.45, 7) is 5.15. The van der Waals surface area contributed by atoms with Crippen molar-refractivity contribution in [1.29, 1.82) is 0 Å². The molecular formula is C14H14BrNO2. The van der Waals surface area contributed by atoms with E-state index in [0.717, 1.165) is 15.2 Å². The Kier molecular flexibility index (Phi) is 4.33. The topological polar surface area (TPSA) is 31.2 Å². The van der Waals surface area contributed by atoms with E-state index < -0.39 is 0 Å². The first-order valence-corrected chi connectivity index (χ1v) is 6.49. The SMILES string of the molecule is C=CCOCCn1ccc2cc(Br)ccc2c1=O. The third-order valence-electron chi connectivity index (χ3n) is 2.65. The molecule has 0 bridgehead atoms. The number of rotatable bonds is 5. The predicted octanol–water partition coefficient (Wildman–Crippen LogP) is 2.97. The van der Waals surface area contributed by atoms with Crippen molar-refractivity contribution in [2.24, 2.45) is 0 Å². The number of pyridine rings is 1. The molecule has 0 radical (unpaired) electrons. The lowest BCUT2D eigenvalue weighted by atomic mass is 10.2. The minimum atomic E-state index is 0.0159. The third-order valence-corrected chi connectivity index (χ3v) is 3.14. The molecule has 0 atom stereocenters. The number of aromatic nitrogens is 1. The minimum Gasteiger partial charge on any atom is -0.376 e. The van der Waals surface area contributed by atoms with Crippen molar-refractivity contribution in [3.8, 4) is 0 Å². The number of halogens is 1. The highest BCUT2D eigenvalue weighted by Gasteiger charge is 2.02. The molecule has 0 aliphatic heterocycles. The molecule has 1 aromatic carbocycles. The number of fused-ring (bicyclic) bond motifs is 1. The van der Waals surface area contributed by atoms with Crippen LogP contribution in [-0.2, 0) is 11.3 Å². The van der Waals surface area contributed by atoms with E-state index in [0.29, 0.717) is 19.8 Å². The van der Waals surface area contributed by atoms with Crippen LogP contribution in [0.4, 0.5) is 0 Å². The van der Waals surface area contributed by atoms with Crippen LogP contribution < -0.4 is 5.56 Å². The summed E-state index contributed by atoms with van der Waals surface area (Å²) in [7, 11) is 0. The highest BCUT2D eigenvalue weighted by Crippen LogP contribution is 2.16.